The SMILES string of the molecule is CCN(CC)S(=O)(=O)NCC1(CCBr)CC1. The Balaban J connectivity index is 2.48. The van der Waals surface area contributed by atoms with Crippen molar-refractivity contribution in [2.45, 2.75) is 33.1 Å². The molecule has 0 aromatic heterocycles. The molecule has 6 heteroatoms. The summed E-state index contributed by atoms with van der Waals surface area (Å²) < 4.78 is 27.9. The average molecular weight is 313 g/mol. The summed E-state index contributed by atoms with van der Waals surface area (Å²) in [6.07, 6.45) is 3.33. The van der Waals surface area contributed by atoms with Gasteiger partial charge < -0.3 is 0 Å². The third-order valence-electron chi connectivity index (χ3n) is 3.26. The van der Waals surface area contributed by atoms with Crippen LogP contribution >= 0.6 is 15.9 Å². The van der Waals surface area contributed by atoms with E-state index in [-0.39, 0.29) is 5.41 Å². The molecule has 0 aromatic rings. The Bertz CT molecular complexity index is 311. The van der Waals surface area contributed by atoms with Crippen LogP contribution in [0.2, 0.25) is 0 Å². The van der Waals surface area contributed by atoms with Crippen LogP contribution in [0, 0.1) is 5.41 Å². The van der Waals surface area contributed by atoms with E-state index >= 15 is 0 Å². The topological polar surface area (TPSA) is 49.4 Å². The monoisotopic (exact) mass is 312 g/mol. The van der Waals surface area contributed by atoms with Gasteiger partial charge in [0, 0.05) is 25.0 Å². The predicted octanol–water partition coefficient (Wildman–Crippen LogP) is 1.73. The molecular formula is C10H21BrN2O2S. The molecule has 0 aliphatic heterocycles. The van der Waals surface area contributed by atoms with E-state index in [1.165, 1.54) is 4.31 Å². The smallest absolute Gasteiger partial charge is 0.202 e. The normalized spacial score (nSPS) is 19.0. The van der Waals surface area contributed by atoms with Gasteiger partial charge in [-0.25, -0.2) is 4.72 Å². The number of halogens is 1. The molecule has 4 nitrogen and oxygen atoms in total. The third kappa shape index (κ3) is 3.68. The Kier molecular flexibility index (Phi) is 5.22. The standard InChI is InChI=1S/C10H21BrN2O2S/c1-3-13(4-2)16(14,15)12-9-10(5-6-10)7-8-11/h12H,3-9H2,1-2H3. The van der Waals surface area contributed by atoms with Crippen LogP contribution < -0.4 is 4.72 Å². The Morgan fingerprint density at radius 3 is 2.25 bits per heavy atom. The van der Waals surface area contributed by atoms with Crippen LogP contribution in [-0.2, 0) is 10.2 Å². The molecule has 16 heavy (non-hydrogen) atoms. The average Bonchev–Trinajstić information content (AvgIpc) is 2.98. The molecule has 0 spiro atoms. The van der Waals surface area contributed by atoms with Crippen molar-refractivity contribution in [2.24, 2.45) is 5.41 Å². The number of rotatable bonds is 8. The number of nitrogens with zero attached hydrogens (tertiary/aromatic N) is 1. The lowest BCUT2D eigenvalue weighted by Crippen LogP contribution is -2.42. The van der Waals surface area contributed by atoms with Crippen LogP contribution in [0.3, 0.4) is 0 Å². The van der Waals surface area contributed by atoms with Crippen LogP contribution in [0.25, 0.3) is 0 Å². The van der Waals surface area contributed by atoms with Gasteiger partial charge in [0.2, 0.25) is 0 Å². The van der Waals surface area contributed by atoms with Crippen LogP contribution in [0.4, 0.5) is 0 Å². The Morgan fingerprint density at radius 2 is 1.88 bits per heavy atom. The minimum absolute atomic E-state index is 0.226. The van der Waals surface area contributed by atoms with Crippen LogP contribution in [0.5, 0.6) is 0 Å². The minimum atomic E-state index is -3.27. The summed E-state index contributed by atoms with van der Waals surface area (Å²) in [5.74, 6) is 0. The summed E-state index contributed by atoms with van der Waals surface area (Å²) in [6, 6.07) is 0. The van der Waals surface area contributed by atoms with Crippen LogP contribution in [0.1, 0.15) is 33.1 Å². The lowest BCUT2D eigenvalue weighted by Gasteiger charge is -2.21. The maximum absolute atomic E-state index is 11.9. The third-order valence-corrected chi connectivity index (χ3v) is 5.36. The molecule has 1 saturated carbocycles. The lowest BCUT2D eigenvalue weighted by atomic mass is 10.1. The second-order valence-electron chi connectivity index (χ2n) is 4.35. The van der Waals surface area contributed by atoms with E-state index in [9.17, 15) is 8.42 Å². The fourth-order valence-corrected chi connectivity index (χ4v) is 3.98. The summed E-state index contributed by atoms with van der Waals surface area (Å²) in [7, 11) is -3.27. The zero-order valence-corrected chi connectivity index (χ0v) is 12.4. The quantitative estimate of drug-likeness (QED) is 0.694. The van der Waals surface area contributed by atoms with Gasteiger partial charge >= 0.3 is 0 Å². The number of alkyl halides is 1. The summed E-state index contributed by atoms with van der Waals surface area (Å²) in [5.41, 5.74) is 0.226. The van der Waals surface area contributed by atoms with Gasteiger partial charge in [0.1, 0.15) is 0 Å². The molecule has 1 rings (SSSR count). The van der Waals surface area contributed by atoms with E-state index in [0.29, 0.717) is 19.6 Å². The molecule has 1 aliphatic rings. The highest BCUT2D eigenvalue weighted by molar-refractivity contribution is 9.09. The summed E-state index contributed by atoms with van der Waals surface area (Å²) in [6.45, 7) is 5.34. The molecule has 0 saturated heterocycles. The van der Waals surface area contributed by atoms with Crippen molar-refractivity contribution < 1.29 is 8.42 Å². The molecule has 0 atom stereocenters. The van der Waals surface area contributed by atoms with E-state index in [4.69, 9.17) is 0 Å². The molecule has 1 N–H and O–H groups in total. The molecule has 1 fully saturated rings. The van der Waals surface area contributed by atoms with Gasteiger partial charge in [0.25, 0.3) is 10.2 Å². The molecule has 0 radical (unpaired) electrons. The summed E-state index contributed by atoms with van der Waals surface area (Å²) in [5, 5.41) is 0.944. The van der Waals surface area contributed by atoms with Crippen LogP contribution in [0.15, 0.2) is 0 Å². The van der Waals surface area contributed by atoms with Gasteiger partial charge in [0.05, 0.1) is 0 Å². The second-order valence-corrected chi connectivity index (χ2v) is 6.90. The molecule has 0 amide bonds. The molecule has 96 valence electrons. The maximum Gasteiger partial charge on any atom is 0.279 e. The first kappa shape index (κ1) is 14.4. The van der Waals surface area contributed by atoms with Crippen molar-refractivity contribution in [3.05, 3.63) is 0 Å². The van der Waals surface area contributed by atoms with Crippen LogP contribution in [-0.4, -0.2) is 37.7 Å². The largest absolute Gasteiger partial charge is 0.279 e. The van der Waals surface area contributed by atoms with Crippen molar-refractivity contribution in [2.75, 3.05) is 25.0 Å². The van der Waals surface area contributed by atoms with E-state index in [0.717, 1.165) is 24.6 Å². The van der Waals surface area contributed by atoms with Gasteiger partial charge in [-0.05, 0) is 24.7 Å². The Labute approximate surface area is 107 Å². The lowest BCUT2D eigenvalue weighted by molar-refractivity contribution is 0.417. The first-order valence-electron chi connectivity index (χ1n) is 5.80. The van der Waals surface area contributed by atoms with Crippen molar-refractivity contribution in [1.82, 2.24) is 9.03 Å². The molecule has 0 aromatic carbocycles. The van der Waals surface area contributed by atoms with Gasteiger partial charge in [-0.15, -0.1) is 0 Å². The molecule has 1 aliphatic carbocycles. The number of hydrogen-bond donors (Lipinski definition) is 1. The Morgan fingerprint density at radius 1 is 1.31 bits per heavy atom. The predicted molar refractivity (Wildman–Crippen MR) is 69.9 cm³/mol. The first-order chi connectivity index (χ1) is 7.49. The van der Waals surface area contributed by atoms with Crippen molar-refractivity contribution >= 4 is 26.1 Å². The molecule has 0 bridgehead atoms. The summed E-state index contributed by atoms with van der Waals surface area (Å²) in [4.78, 5) is 0. The zero-order chi connectivity index (χ0) is 12.2. The maximum atomic E-state index is 11.9. The molecular weight excluding hydrogens is 292 g/mol. The van der Waals surface area contributed by atoms with E-state index in [1.54, 1.807) is 0 Å². The van der Waals surface area contributed by atoms with E-state index in [2.05, 4.69) is 20.7 Å². The highest BCUT2D eigenvalue weighted by Gasteiger charge is 2.42. The van der Waals surface area contributed by atoms with E-state index in [1.807, 2.05) is 13.8 Å². The van der Waals surface area contributed by atoms with Crippen molar-refractivity contribution in [3.8, 4) is 0 Å². The highest BCUT2D eigenvalue weighted by atomic mass is 79.9. The van der Waals surface area contributed by atoms with Crippen molar-refractivity contribution in [3.63, 3.8) is 0 Å². The number of nitrogens with one attached hydrogen (secondary N) is 1. The fraction of sp³-hybridized carbons (Fsp3) is 1.00. The molecule has 0 unspecified atom stereocenters. The minimum Gasteiger partial charge on any atom is -0.202 e. The van der Waals surface area contributed by atoms with Gasteiger partial charge in [-0.3, -0.25) is 0 Å². The van der Waals surface area contributed by atoms with Gasteiger partial charge in [0.15, 0.2) is 0 Å². The van der Waals surface area contributed by atoms with E-state index < -0.39 is 10.2 Å². The first-order valence-corrected chi connectivity index (χ1v) is 8.36. The zero-order valence-electron chi connectivity index (χ0n) is 10.00. The second kappa shape index (κ2) is 5.80. The fourth-order valence-electron chi connectivity index (χ4n) is 1.79. The highest BCUT2D eigenvalue weighted by Crippen LogP contribution is 2.48. The number of hydrogen-bond acceptors (Lipinski definition) is 2. The summed E-state index contributed by atoms with van der Waals surface area (Å²) >= 11 is 3.41. The molecule has 0 heterocycles. The van der Waals surface area contributed by atoms with Crippen molar-refractivity contribution in [1.29, 1.82) is 0 Å². The van der Waals surface area contributed by atoms with Gasteiger partial charge in [-0.2, -0.15) is 12.7 Å². The Hall–Kier alpha value is 0.350. The van der Waals surface area contributed by atoms with Gasteiger partial charge in [-0.1, -0.05) is 29.8 Å².